The highest BCUT2D eigenvalue weighted by Gasteiger charge is 2.13. The SMILES string of the molecule is CN(C)C(CNc1nc(=O)cc(Cc2ccsc2)[nH]1)Cc1ccccc1. The minimum Gasteiger partial charge on any atom is -0.354 e. The van der Waals surface area contributed by atoms with Crippen molar-refractivity contribution < 1.29 is 0 Å². The number of anilines is 1. The first kappa shape index (κ1) is 18.4. The number of benzene rings is 1. The number of aromatic amines is 1. The minimum atomic E-state index is -0.221. The molecule has 1 aromatic carbocycles. The number of hydrogen-bond donors (Lipinski definition) is 2. The van der Waals surface area contributed by atoms with E-state index in [1.807, 2.05) is 11.4 Å². The molecule has 2 aromatic heterocycles. The number of likely N-dealkylation sites (N-methyl/N-ethyl adjacent to an activating group) is 1. The zero-order valence-electron chi connectivity index (χ0n) is 15.1. The van der Waals surface area contributed by atoms with E-state index in [2.05, 4.69) is 70.0 Å². The molecule has 6 heteroatoms. The number of nitrogens with one attached hydrogen (secondary N) is 2. The lowest BCUT2D eigenvalue weighted by Gasteiger charge is -2.25. The highest BCUT2D eigenvalue weighted by Crippen LogP contribution is 2.12. The first-order valence-corrected chi connectivity index (χ1v) is 9.60. The van der Waals surface area contributed by atoms with E-state index >= 15 is 0 Å². The third-order valence-corrected chi connectivity index (χ3v) is 5.05. The quantitative estimate of drug-likeness (QED) is 0.642. The lowest BCUT2D eigenvalue weighted by Crippen LogP contribution is -2.37. The molecule has 0 amide bonds. The zero-order valence-corrected chi connectivity index (χ0v) is 15.9. The minimum absolute atomic E-state index is 0.221. The van der Waals surface area contributed by atoms with Gasteiger partial charge in [0.1, 0.15) is 0 Å². The summed E-state index contributed by atoms with van der Waals surface area (Å²) < 4.78 is 0. The van der Waals surface area contributed by atoms with Crippen molar-refractivity contribution >= 4 is 17.3 Å². The summed E-state index contributed by atoms with van der Waals surface area (Å²) in [5.74, 6) is 0.530. The monoisotopic (exact) mass is 368 g/mol. The summed E-state index contributed by atoms with van der Waals surface area (Å²) in [5, 5.41) is 7.43. The van der Waals surface area contributed by atoms with Gasteiger partial charge in [0.15, 0.2) is 0 Å². The molecule has 3 rings (SSSR count). The second-order valence-corrected chi connectivity index (χ2v) is 7.37. The maximum absolute atomic E-state index is 11.9. The first-order valence-electron chi connectivity index (χ1n) is 8.65. The van der Waals surface area contributed by atoms with Crippen molar-refractivity contribution in [2.24, 2.45) is 0 Å². The van der Waals surface area contributed by atoms with E-state index in [1.54, 1.807) is 17.4 Å². The first-order chi connectivity index (χ1) is 12.6. The molecule has 136 valence electrons. The van der Waals surface area contributed by atoms with Gasteiger partial charge in [-0.25, -0.2) is 0 Å². The normalized spacial score (nSPS) is 12.3. The van der Waals surface area contributed by atoms with E-state index in [0.717, 1.165) is 12.1 Å². The zero-order chi connectivity index (χ0) is 18.4. The van der Waals surface area contributed by atoms with E-state index < -0.39 is 0 Å². The smallest absolute Gasteiger partial charge is 0.274 e. The van der Waals surface area contributed by atoms with Crippen LogP contribution in [0.25, 0.3) is 0 Å². The van der Waals surface area contributed by atoms with Crippen LogP contribution in [-0.4, -0.2) is 41.5 Å². The maximum atomic E-state index is 11.9. The summed E-state index contributed by atoms with van der Waals surface area (Å²) in [6.07, 6.45) is 1.64. The van der Waals surface area contributed by atoms with Crippen LogP contribution >= 0.6 is 11.3 Å². The van der Waals surface area contributed by atoms with Gasteiger partial charge in [-0.05, 0) is 48.5 Å². The van der Waals surface area contributed by atoms with Crippen LogP contribution in [0.2, 0.25) is 0 Å². The number of thiophene rings is 1. The topological polar surface area (TPSA) is 61.0 Å². The molecule has 1 unspecified atom stereocenters. The van der Waals surface area contributed by atoms with Crippen LogP contribution in [0.1, 0.15) is 16.8 Å². The molecule has 0 bridgehead atoms. The summed E-state index contributed by atoms with van der Waals surface area (Å²) in [6.45, 7) is 0.701. The Labute approximate surface area is 157 Å². The third-order valence-electron chi connectivity index (χ3n) is 4.32. The molecule has 0 saturated heterocycles. The van der Waals surface area contributed by atoms with E-state index in [-0.39, 0.29) is 5.56 Å². The fourth-order valence-corrected chi connectivity index (χ4v) is 3.51. The van der Waals surface area contributed by atoms with Crippen molar-refractivity contribution in [2.45, 2.75) is 18.9 Å². The molecule has 5 nitrogen and oxygen atoms in total. The van der Waals surface area contributed by atoms with Gasteiger partial charge in [-0.2, -0.15) is 16.3 Å². The van der Waals surface area contributed by atoms with Crippen molar-refractivity contribution in [3.63, 3.8) is 0 Å². The Morgan fingerprint density at radius 3 is 2.69 bits per heavy atom. The standard InChI is InChI=1S/C20H24N4OS/c1-24(2)18(11-15-6-4-3-5-7-15)13-21-20-22-17(12-19(25)23-20)10-16-8-9-26-14-16/h3-9,12,14,18H,10-11,13H2,1-2H3,(H2,21,22,23,25). The number of nitrogens with zero attached hydrogens (tertiary/aromatic N) is 2. The molecule has 0 aliphatic rings. The average molecular weight is 369 g/mol. The Morgan fingerprint density at radius 1 is 1.19 bits per heavy atom. The maximum Gasteiger partial charge on any atom is 0.274 e. The van der Waals surface area contributed by atoms with Crippen LogP contribution in [0.5, 0.6) is 0 Å². The lowest BCUT2D eigenvalue weighted by atomic mass is 10.1. The van der Waals surface area contributed by atoms with Gasteiger partial charge < -0.3 is 15.2 Å². The highest BCUT2D eigenvalue weighted by atomic mass is 32.1. The summed E-state index contributed by atoms with van der Waals surface area (Å²) in [5.41, 5.74) is 3.13. The predicted octanol–water partition coefficient (Wildman–Crippen LogP) is 3.01. The van der Waals surface area contributed by atoms with Crippen molar-refractivity contribution in [1.82, 2.24) is 14.9 Å². The second-order valence-electron chi connectivity index (χ2n) is 6.59. The summed E-state index contributed by atoms with van der Waals surface area (Å²) in [4.78, 5) is 21.4. The molecule has 0 aliphatic heterocycles. The van der Waals surface area contributed by atoms with Gasteiger partial charge in [0, 0.05) is 30.8 Å². The van der Waals surface area contributed by atoms with Crippen LogP contribution < -0.4 is 10.9 Å². The Bertz CT molecular complexity index is 859. The summed E-state index contributed by atoms with van der Waals surface area (Å²) in [7, 11) is 4.14. The number of rotatable bonds is 8. The lowest BCUT2D eigenvalue weighted by molar-refractivity contribution is 0.303. The van der Waals surface area contributed by atoms with Crippen molar-refractivity contribution in [3.8, 4) is 0 Å². The van der Waals surface area contributed by atoms with Crippen LogP contribution in [0.15, 0.2) is 58.0 Å². The van der Waals surface area contributed by atoms with Gasteiger partial charge in [0.05, 0.1) is 0 Å². The molecule has 2 N–H and O–H groups in total. The van der Waals surface area contributed by atoms with E-state index in [1.165, 1.54) is 11.1 Å². The Hall–Kier alpha value is -2.44. The Morgan fingerprint density at radius 2 is 2.00 bits per heavy atom. The fraction of sp³-hybridized carbons (Fsp3) is 0.300. The van der Waals surface area contributed by atoms with Gasteiger partial charge in [-0.15, -0.1) is 0 Å². The largest absolute Gasteiger partial charge is 0.354 e. The van der Waals surface area contributed by atoms with Crippen LogP contribution in [-0.2, 0) is 12.8 Å². The van der Waals surface area contributed by atoms with Crippen LogP contribution in [0.4, 0.5) is 5.95 Å². The van der Waals surface area contributed by atoms with Crippen molar-refractivity contribution in [3.05, 3.63) is 80.4 Å². The number of H-pyrrole nitrogens is 1. The third kappa shape index (κ3) is 5.28. The summed E-state index contributed by atoms with van der Waals surface area (Å²) >= 11 is 1.66. The molecule has 1 atom stereocenters. The molecule has 26 heavy (non-hydrogen) atoms. The molecule has 0 radical (unpaired) electrons. The van der Waals surface area contributed by atoms with Gasteiger partial charge in [0.2, 0.25) is 5.95 Å². The average Bonchev–Trinajstić information content (AvgIpc) is 3.11. The Kier molecular flexibility index (Phi) is 6.20. The van der Waals surface area contributed by atoms with E-state index in [4.69, 9.17) is 0 Å². The molecule has 0 aliphatic carbocycles. The predicted molar refractivity (Wildman–Crippen MR) is 108 cm³/mol. The molecule has 0 fully saturated rings. The summed E-state index contributed by atoms with van der Waals surface area (Å²) in [6, 6.07) is 14.3. The van der Waals surface area contributed by atoms with Crippen molar-refractivity contribution in [1.29, 1.82) is 0 Å². The molecule has 3 aromatic rings. The van der Waals surface area contributed by atoms with Gasteiger partial charge in [-0.1, -0.05) is 30.3 Å². The number of hydrogen-bond acceptors (Lipinski definition) is 5. The second kappa shape index (κ2) is 8.78. The molecule has 2 heterocycles. The molecular weight excluding hydrogens is 344 g/mol. The van der Waals surface area contributed by atoms with Crippen molar-refractivity contribution in [2.75, 3.05) is 26.0 Å². The fourth-order valence-electron chi connectivity index (χ4n) is 2.84. The molecule has 0 spiro atoms. The molecule has 0 saturated carbocycles. The van der Waals surface area contributed by atoms with E-state index in [9.17, 15) is 4.79 Å². The van der Waals surface area contributed by atoms with Crippen LogP contribution in [0, 0.1) is 0 Å². The van der Waals surface area contributed by atoms with Crippen LogP contribution in [0.3, 0.4) is 0 Å². The Balaban J connectivity index is 1.67. The van der Waals surface area contributed by atoms with Gasteiger partial charge in [-0.3, -0.25) is 4.79 Å². The highest BCUT2D eigenvalue weighted by molar-refractivity contribution is 7.07. The van der Waals surface area contributed by atoms with E-state index in [0.29, 0.717) is 25.0 Å². The van der Waals surface area contributed by atoms with Gasteiger partial charge in [0.25, 0.3) is 5.56 Å². The number of aromatic nitrogens is 2. The van der Waals surface area contributed by atoms with Gasteiger partial charge >= 0.3 is 0 Å². The molecular formula is C20H24N4OS.